The second-order valence-electron chi connectivity index (χ2n) is 8.36. The highest BCUT2D eigenvalue weighted by atomic mass is 16.5. The highest BCUT2D eigenvalue weighted by Crippen LogP contribution is 2.15. The molecule has 0 aromatic carbocycles. The van der Waals surface area contributed by atoms with Gasteiger partial charge in [-0.3, -0.25) is 4.79 Å². The van der Waals surface area contributed by atoms with Gasteiger partial charge in [0.25, 0.3) is 0 Å². The van der Waals surface area contributed by atoms with Crippen LogP contribution in [0.5, 0.6) is 0 Å². The molecule has 0 aliphatic rings. The average Bonchev–Trinajstić information content (AvgIpc) is 2.68. The number of aldehydes is 1. The molecule has 0 aliphatic heterocycles. The molecule has 166 valence electrons. The van der Waals surface area contributed by atoms with E-state index in [0.717, 1.165) is 32.0 Å². The molecule has 0 aromatic heterocycles. The van der Waals surface area contributed by atoms with Gasteiger partial charge < -0.3 is 9.53 Å². The van der Waals surface area contributed by atoms with Crippen LogP contribution in [0.15, 0.2) is 0 Å². The van der Waals surface area contributed by atoms with Crippen molar-refractivity contribution in [3.8, 4) is 0 Å². The molecule has 3 heteroatoms. The van der Waals surface area contributed by atoms with Crippen LogP contribution in [0.1, 0.15) is 142 Å². The zero-order valence-electron chi connectivity index (χ0n) is 19.0. The van der Waals surface area contributed by atoms with Gasteiger partial charge in [0.15, 0.2) is 0 Å². The van der Waals surface area contributed by atoms with Crippen LogP contribution < -0.4 is 0 Å². The molecule has 1 unspecified atom stereocenters. The van der Waals surface area contributed by atoms with Gasteiger partial charge >= 0.3 is 5.97 Å². The number of rotatable bonds is 22. The second-order valence-corrected chi connectivity index (χ2v) is 8.36. The minimum absolute atomic E-state index is 0.116. The Bertz CT molecular complexity index is 341. The maximum Gasteiger partial charge on any atom is 0.306 e. The summed E-state index contributed by atoms with van der Waals surface area (Å²) in [5.74, 6) is -0.116. The van der Waals surface area contributed by atoms with Crippen LogP contribution in [0.2, 0.25) is 0 Å². The van der Waals surface area contributed by atoms with E-state index in [0.29, 0.717) is 12.8 Å². The van der Waals surface area contributed by atoms with Crippen molar-refractivity contribution in [1.82, 2.24) is 0 Å². The monoisotopic (exact) mass is 396 g/mol. The lowest BCUT2D eigenvalue weighted by molar-refractivity contribution is -0.150. The van der Waals surface area contributed by atoms with Crippen molar-refractivity contribution in [2.24, 2.45) is 0 Å². The van der Waals surface area contributed by atoms with Gasteiger partial charge in [0, 0.05) is 12.8 Å². The molecule has 28 heavy (non-hydrogen) atoms. The molecule has 0 aromatic rings. The lowest BCUT2D eigenvalue weighted by atomic mass is 10.0. The molecule has 0 N–H and O–H groups in total. The fourth-order valence-electron chi connectivity index (χ4n) is 3.66. The molecule has 0 amide bonds. The molecule has 0 radical (unpaired) electrons. The summed E-state index contributed by atoms with van der Waals surface area (Å²) in [6.45, 7) is 4.48. The molecule has 3 nitrogen and oxygen atoms in total. The van der Waals surface area contributed by atoms with E-state index < -0.39 is 0 Å². The molecule has 0 saturated heterocycles. The summed E-state index contributed by atoms with van der Waals surface area (Å²) in [6.07, 6.45) is 23.7. The van der Waals surface area contributed by atoms with E-state index in [2.05, 4.69) is 13.8 Å². The largest absolute Gasteiger partial charge is 0.462 e. The van der Waals surface area contributed by atoms with Crippen molar-refractivity contribution >= 4 is 12.3 Å². The third-order valence-corrected chi connectivity index (χ3v) is 5.52. The summed E-state index contributed by atoms with van der Waals surface area (Å²) >= 11 is 0. The zero-order valence-corrected chi connectivity index (χ0v) is 19.0. The number of esters is 1. The second kappa shape index (κ2) is 22.4. The van der Waals surface area contributed by atoms with Crippen LogP contribution in [0.25, 0.3) is 0 Å². The van der Waals surface area contributed by atoms with Gasteiger partial charge in [-0.1, -0.05) is 110 Å². The third kappa shape index (κ3) is 19.9. The van der Waals surface area contributed by atoms with Crippen molar-refractivity contribution in [3.63, 3.8) is 0 Å². The Morgan fingerprint density at radius 2 is 1.11 bits per heavy atom. The number of unbranched alkanes of at least 4 members (excludes halogenated alkanes) is 15. The minimum Gasteiger partial charge on any atom is -0.462 e. The van der Waals surface area contributed by atoms with E-state index in [4.69, 9.17) is 4.74 Å². The summed E-state index contributed by atoms with van der Waals surface area (Å²) < 4.78 is 5.55. The van der Waals surface area contributed by atoms with Crippen molar-refractivity contribution < 1.29 is 14.3 Å². The van der Waals surface area contributed by atoms with Gasteiger partial charge in [0.2, 0.25) is 0 Å². The van der Waals surface area contributed by atoms with Crippen LogP contribution in [0.4, 0.5) is 0 Å². The Balaban J connectivity index is 3.62. The quantitative estimate of drug-likeness (QED) is 0.106. The van der Waals surface area contributed by atoms with E-state index in [1.807, 2.05) is 0 Å². The third-order valence-electron chi connectivity index (χ3n) is 5.52. The molecular weight excluding hydrogens is 348 g/mol. The highest BCUT2D eigenvalue weighted by molar-refractivity contribution is 5.69. The summed E-state index contributed by atoms with van der Waals surface area (Å²) in [5, 5.41) is 0. The molecule has 0 rings (SSSR count). The number of carbonyl (C=O) groups is 2. The minimum atomic E-state index is -0.205. The Morgan fingerprint density at radius 3 is 1.57 bits per heavy atom. The molecule has 1 atom stereocenters. The smallest absolute Gasteiger partial charge is 0.306 e. The summed E-state index contributed by atoms with van der Waals surface area (Å²) in [7, 11) is 0. The SMILES string of the molecule is CCCCCCCCCCCC(=O)OC(CC=O)CCCCCCCCCC. The molecule has 0 bridgehead atoms. The first-order valence-corrected chi connectivity index (χ1v) is 12.4. The number of hydrogen-bond acceptors (Lipinski definition) is 3. The van der Waals surface area contributed by atoms with Crippen LogP contribution in [-0.2, 0) is 14.3 Å². The van der Waals surface area contributed by atoms with Crippen molar-refractivity contribution in [2.45, 2.75) is 148 Å². The molecule has 0 fully saturated rings. The molecule has 0 aliphatic carbocycles. The average molecular weight is 397 g/mol. The van der Waals surface area contributed by atoms with Crippen LogP contribution in [0.3, 0.4) is 0 Å². The van der Waals surface area contributed by atoms with E-state index in [-0.39, 0.29) is 12.1 Å². The first-order chi connectivity index (χ1) is 13.7. The maximum atomic E-state index is 12.0. The van der Waals surface area contributed by atoms with Gasteiger partial charge in [-0.2, -0.15) is 0 Å². The lowest BCUT2D eigenvalue weighted by Gasteiger charge is -2.15. The van der Waals surface area contributed by atoms with E-state index in [1.165, 1.54) is 89.9 Å². The Hall–Kier alpha value is -0.860. The zero-order chi connectivity index (χ0) is 20.7. The van der Waals surface area contributed by atoms with Gasteiger partial charge in [0.05, 0.1) is 0 Å². The highest BCUT2D eigenvalue weighted by Gasteiger charge is 2.13. The fraction of sp³-hybridized carbons (Fsp3) is 0.920. The maximum absolute atomic E-state index is 12.0. The first-order valence-electron chi connectivity index (χ1n) is 12.4. The van der Waals surface area contributed by atoms with Crippen molar-refractivity contribution in [2.75, 3.05) is 0 Å². The summed E-state index contributed by atoms with van der Waals surface area (Å²) in [4.78, 5) is 22.9. The topological polar surface area (TPSA) is 43.4 Å². The van der Waals surface area contributed by atoms with Crippen molar-refractivity contribution in [3.05, 3.63) is 0 Å². The van der Waals surface area contributed by atoms with Crippen LogP contribution in [-0.4, -0.2) is 18.4 Å². The predicted octanol–water partition coefficient (Wildman–Crippen LogP) is 7.94. The van der Waals surface area contributed by atoms with Gasteiger partial charge in [-0.15, -0.1) is 0 Å². The predicted molar refractivity (Wildman–Crippen MR) is 120 cm³/mol. The Kier molecular flexibility index (Phi) is 21.7. The van der Waals surface area contributed by atoms with Crippen molar-refractivity contribution in [1.29, 1.82) is 0 Å². The molecule has 0 saturated carbocycles. The number of carbonyl (C=O) groups excluding carboxylic acids is 2. The number of ether oxygens (including phenoxy) is 1. The summed E-state index contributed by atoms with van der Waals surface area (Å²) in [5.41, 5.74) is 0. The normalized spacial score (nSPS) is 12.1. The fourth-order valence-corrected chi connectivity index (χ4v) is 3.66. The first kappa shape index (κ1) is 27.1. The van der Waals surface area contributed by atoms with E-state index in [1.54, 1.807) is 0 Å². The van der Waals surface area contributed by atoms with Gasteiger partial charge in [-0.05, 0) is 19.3 Å². The van der Waals surface area contributed by atoms with Crippen LogP contribution >= 0.6 is 0 Å². The van der Waals surface area contributed by atoms with Gasteiger partial charge in [-0.25, -0.2) is 0 Å². The Morgan fingerprint density at radius 1 is 0.679 bits per heavy atom. The van der Waals surface area contributed by atoms with E-state index >= 15 is 0 Å². The molecular formula is C25H48O3. The summed E-state index contributed by atoms with van der Waals surface area (Å²) in [6, 6.07) is 0. The van der Waals surface area contributed by atoms with Crippen LogP contribution in [0, 0.1) is 0 Å². The standard InChI is InChI=1S/C25H48O3/c1-3-5-7-9-11-13-15-17-19-21-25(27)28-24(22-23-26)20-18-16-14-12-10-8-6-4-2/h23-24H,3-22H2,1-2H3. The molecule has 0 heterocycles. The Labute approximate surface area is 175 Å². The lowest BCUT2D eigenvalue weighted by Crippen LogP contribution is -2.18. The molecule has 0 spiro atoms. The number of hydrogen-bond donors (Lipinski definition) is 0. The van der Waals surface area contributed by atoms with Gasteiger partial charge in [0.1, 0.15) is 12.4 Å². The van der Waals surface area contributed by atoms with E-state index in [9.17, 15) is 9.59 Å².